The number of cyclic esters (lactones) is 1. The SMILES string of the molecule is O=C1OC(c2cc(Cl)ccc2Cl)=N/C1=C\c1cccc(OCc2ccccc2)c1. The number of nitrogens with zero attached hydrogens (tertiary/aromatic N) is 1. The molecule has 4 nitrogen and oxygen atoms in total. The van der Waals surface area contributed by atoms with E-state index in [0.717, 1.165) is 11.1 Å². The largest absolute Gasteiger partial charge is 0.489 e. The molecule has 6 heteroatoms. The van der Waals surface area contributed by atoms with Gasteiger partial charge in [0.05, 0.1) is 10.6 Å². The van der Waals surface area contributed by atoms with Gasteiger partial charge in [0.2, 0.25) is 5.90 Å². The number of carbonyl (C=O) groups is 1. The average Bonchev–Trinajstić information content (AvgIpc) is 3.09. The molecule has 0 saturated carbocycles. The summed E-state index contributed by atoms with van der Waals surface area (Å²) < 4.78 is 11.1. The molecule has 0 amide bonds. The first-order valence-electron chi connectivity index (χ1n) is 8.83. The summed E-state index contributed by atoms with van der Waals surface area (Å²) in [4.78, 5) is 16.5. The summed E-state index contributed by atoms with van der Waals surface area (Å²) in [6.45, 7) is 0.457. The normalized spacial score (nSPS) is 14.6. The van der Waals surface area contributed by atoms with Crippen molar-refractivity contribution in [2.24, 2.45) is 4.99 Å². The zero-order valence-corrected chi connectivity index (χ0v) is 16.7. The van der Waals surface area contributed by atoms with Gasteiger partial charge in [-0.15, -0.1) is 0 Å². The highest BCUT2D eigenvalue weighted by atomic mass is 35.5. The predicted octanol–water partition coefficient (Wildman–Crippen LogP) is 5.92. The molecule has 29 heavy (non-hydrogen) atoms. The molecule has 4 rings (SSSR count). The molecule has 0 aliphatic carbocycles. The van der Waals surface area contributed by atoms with Gasteiger partial charge >= 0.3 is 5.97 Å². The summed E-state index contributed by atoms with van der Waals surface area (Å²) in [7, 11) is 0. The van der Waals surface area contributed by atoms with E-state index in [2.05, 4.69) is 4.99 Å². The minimum atomic E-state index is -0.549. The molecule has 0 aromatic heterocycles. The van der Waals surface area contributed by atoms with Crippen LogP contribution in [0.25, 0.3) is 6.08 Å². The van der Waals surface area contributed by atoms with Crippen molar-refractivity contribution in [2.45, 2.75) is 6.61 Å². The lowest BCUT2D eigenvalue weighted by atomic mass is 10.2. The standard InChI is InChI=1S/C23H15Cl2NO3/c24-17-9-10-20(25)19(13-17)22-26-21(23(27)29-22)12-16-7-4-8-18(11-16)28-14-15-5-2-1-3-6-15/h1-13H,14H2/b21-12-. The van der Waals surface area contributed by atoms with Crippen LogP contribution in [-0.4, -0.2) is 11.9 Å². The van der Waals surface area contributed by atoms with Crippen LogP contribution in [0.3, 0.4) is 0 Å². The molecule has 0 unspecified atom stereocenters. The van der Waals surface area contributed by atoms with Crippen LogP contribution >= 0.6 is 23.2 Å². The fourth-order valence-corrected chi connectivity index (χ4v) is 3.15. The van der Waals surface area contributed by atoms with Crippen LogP contribution in [0.15, 0.2) is 83.5 Å². The number of ether oxygens (including phenoxy) is 2. The van der Waals surface area contributed by atoms with E-state index < -0.39 is 5.97 Å². The van der Waals surface area contributed by atoms with Crippen LogP contribution in [0.4, 0.5) is 0 Å². The highest BCUT2D eigenvalue weighted by Crippen LogP contribution is 2.27. The smallest absolute Gasteiger partial charge is 0.363 e. The Morgan fingerprint density at radius 2 is 1.79 bits per heavy atom. The van der Waals surface area contributed by atoms with Crippen LogP contribution in [0.5, 0.6) is 5.75 Å². The van der Waals surface area contributed by atoms with Crippen molar-refractivity contribution in [1.29, 1.82) is 0 Å². The topological polar surface area (TPSA) is 47.9 Å². The van der Waals surface area contributed by atoms with E-state index in [4.69, 9.17) is 32.7 Å². The number of benzene rings is 3. The predicted molar refractivity (Wildman–Crippen MR) is 114 cm³/mol. The van der Waals surface area contributed by atoms with Crippen LogP contribution in [0, 0.1) is 0 Å². The van der Waals surface area contributed by atoms with Gasteiger partial charge in [0.25, 0.3) is 0 Å². The minimum absolute atomic E-state index is 0.130. The summed E-state index contributed by atoms with van der Waals surface area (Å²) >= 11 is 12.2. The third-order valence-corrected chi connectivity index (χ3v) is 4.75. The molecule has 0 bridgehead atoms. The molecule has 0 saturated heterocycles. The van der Waals surface area contributed by atoms with E-state index in [1.54, 1.807) is 24.3 Å². The zero-order chi connectivity index (χ0) is 20.2. The summed E-state index contributed by atoms with van der Waals surface area (Å²) in [5.41, 5.74) is 2.49. The Morgan fingerprint density at radius 3 is 2.62 bits per heavy atom. The molecule has 0 fully saturated rings. The Hall–Kier alpha value is -3.08. The Kier molecular flexibility index (Phi) is 5.65. The first-order valence-corrected chi connectivity index (χ1v) is 9.59. The molecule has 1 heterocycles. The van der Waals surface area contributed by atoms with E-state index in [1.165, 1.54) is 0 Å². The number of aliphatic imine (C=N–C) groups is 1. The summed E-state index contributed by atoms with van der Waals surface area (Å²) in [5, 5.41) is 0.877. The third-order valence-electron chi connectivity index (χ3n) is 4.19. The highest BCUT2D eigenvalue weighted by Gasteiger charge is 2.25. The van der Waals surface area contributed by atoms with E-state index in [9.17, 15) is 4.79 Å². The molecule has 144 valence electrons. The minimum Gasteiger partial charge on any atom is -0.489 e. The second kappa shape index (κ2) is 8.52. The van der Waals surface area contributed by atoms with Crippen molar-refractivity contribution in [3.63, 3.8) is 0 Å². The number of carbonyl (C=O) groups excluding carboxylic acids is 1. The summed E-state index contributed by atoms with van der Waals surface area (Å²) in [6, 6.07) is 22.2. The quantitative estimate of drug-likeness (QED) is 0.378. The van der Waals surface area contributed by atoms with Gasteiger partial charge in [-0.2, -0.15) is 0 Å². The van der Waals surface area contributed by atoms with E-state index >= 15 is 0 Å². The monoisotopic (exact) mass is 423 g/mol. The number of hydrogen-bond donors (Lipinski definition) is 0. The van der Waals surface area contributed by atoms with Gasteiger partial charge in [-0.3, -0.25) is 0 Å². The second-order valence-corrected chi connectivity index (χ2v) is 7.15. The van der Waals surface area contributed by atoms with Crippen LogP contribution < -0.4 is 4.74 Å². The Balaban J connectivity index is 1.55. The van der Waals surface area contributed by atoms with Crippen molar-refractivity contribution in [3.05, 3.63) is 105 Å². The first-order chi connectivity index (χ1) is 14.1. The Labute approximate surface area is 178 Å². The number of halogens is 2. The fraction of sp³-hybridized carbons (Fsp3) is 0.0435. The third kappa shape index (κ3) is 4.67. The van der Waals surface area contributed by atoms with Gasteiger partial charge in [0.1, 0.15) is 12.4 Å². The molecular weight excluding hydrogens is 409 g/mol. The molecule has 3 aromatic carbocycles. The average molecular weight is 424 g/mol. The van der Waals surface area contributed by atoms with Gasteiger partial charge in [0.15, 0.2) is 5.70 Å². The van der Waals surface area contributed by atoms with Crippen molar-refractivity contribution in [3.8, 4) is 5.75 Å². The first kappa shape index (κ1) is 19.2. The molecule has 0 atom stereocenters. The molecule has 0 N–H and O–H groups in total. The van der Waals surface area contributed by atoms with Gasteiger partial charge in [-0.25, -0.2) is 9.79 Å². The van der Waals surface area contributed by atoms with Crippen LogP contribution in [0.1, 0.15) is 16.7 Å². The number of rotatable bonds is 5. The highest BCUT2D eigenvalue weighted by molar-refractivity contribution is 6.36. The van der Waals surface area contributed by atoms with Crippen molar-refractivity contribution in [2.75, 3.05) is 0 Å². The fourth-order valence-electron chi connectivity index (χ4n) is 2.78. The molecule has 0 radical (unpaired) electrons. The molecule has 1 aliphatic rings. The molecule has 3 aromatic rings. The van der Waals surface area contributed by atoms with Crippen LogP contribution in [0.2, 0.25) is 10.0 Å². The molecule has 0 spiro atoms. The van der Waals surface area contributed by atoms with Gasteiger partial charge in [-0.05, 0) is 47.5 Å². The summed E-state index contributed by atoms with van der Waals surface area (Å²) in [6.07, 6.45) is 1.64. The van der Waals surface area contributed by atoms with Crippen molar-refractivity contribution >= 4 is 41.1 Å². The van der Waals surface area contributed by atoms with E-state index in [-0.39, 0.29) is 11.6 Å². The second-order valence-electron chi connectivity index (χ2n) is 6.31. The van der Waals surface area contributed by atoms with Gasteiger partial charge < -0.3 is 9.47 Å². The van der Waals surface area contributed by atoms with E-state index in [1.807, 2.05) is 54.6 Å². The maximum absolute atomic E-state index is 12.2. The lowest BCUT2D eigenvalue weighted by Gasteiger charge is -2.07. The Bertz CT molecular complexity index is 1120. The van der Waals surface area contributed by atoms with E-state index in [0.29, 0.717) is 28.0 Å². The number of hydrogen-bond acceptors (Lipinski definition) is 4. The van der Waals surface area contributed by atoms with Crippen molar-refractivity contribution in [1.82, 2.24) is 0 Å². The Morgan fingerprint density at radius 1 is 0.966 bits per heavy atom. The zero-order valence-electron chi connectivity index (χ0n) is 15.1. The maximum atomic E-state index is 12.2. The molecule has 1 aliphatic heterocycles. The van der Waals surface area contributed by atoms with Crippen molar-refractivity contribution < 1.29 is 14.3 Å². The molecular formula is C23H15Cl2NO3. The summed E-state index contributed by atoms with van der Waals surface area (Å²) in [5.74, 6) is 0.272. The lowest BCUT2D eigenvalue weighted by Crippen LogP contribution is -2.06. The maximum Gasteiger partial charge on any atom is 0.363 e. The number of esters is 1. The van der Waals surface area contributed by atoms with Gasteiger partial charge in [-0.1, -0.05) is 65.7 Å². The van der Waals surface area contributed by atoms with Gasteiger partial charge in [0, 0.05) is 5.02 Å². The lowest BCUT2D eigenvalue weighted by molar-refractivity contribution is -0.129. The van der Waals surface area contributed by atoms with Crippen LogP contribution in [-0.2, 0) is 16.1 Å².